The van der Waals surface area contributed by atoms with E-state index < -0.39 is 0 Å². The van der Waals surface area contributed by atoms with Gasteiger partial charge in [-0.15, -0.1) is 22.7 Å². The lowest BCUT2D eigenvalue weighted by molar-refractivity contribution is 0.101. The first-order valence-electron chi connectivity index (χ1n) is 9.51. The molecule has 2 heterocycles. The smallest absolute Gasteiger partial charge is 0.265 e. The highest BCUT2D eigenvalue weighted by Gasteiger charge is 2.15. The summed E-state index contributed by atoms with van der Waals surface area (Å²) < 4.78 is 10.7. The molecule has 0 aliphatic heterocycles. The first-order chi connectivity index (χ1) is 15.6. The number of ether oxygens (including phenoxy) is 2. The van der Waals surface area contributed by atoms with E-state index in [0.29, 0.717) is 38.5 Å². The molecule has 0 atom stereocenters. The van der Waals surface area contributed by atoms with E-state index >= 15 is 0 Å². The fraction of sp³-hybridized carbons (Fsp3) is 0.0870. The zero-order chi connectivity index (χ0) is 22.5. The van der Waals surface area contributed by atoms with E-state index in [4.69, 9.17) is 9.47 Å². The number of nitrogens with zero attached hydrogens (tertiary/aromatic N) is 1. The van der Waals surface area contributed by atoms with Crippen LogP contribution in [0.15, 0.2) is 65.4 Å². The lowest BCUT2D eigenvalue weighted by Crippen LogP contribution is -2.14. The Kier molecular flexibility index (Phi) is 6.48. The van der Waals surface area contributed by atoms with Crippen molar-refractivity contribution in [1.82, 2.24) is 4.98 Å². The summed E-state index contributed by atoms with van der Waals surface area (Å²) >= 11 is 2.66. The van der Waals surface area contributed by atoms with E-state index in [1.165, 1.54) is 22.7 Å². The van der Waals surface area contributed by atoms with Crippen LogP contribution in [-0.2, 0) is 0 Å². The Bertz CT molecular complexity index is 1250. The second-order valence-electron chi connectivity index (χ2n) is 6.57. The number of rotatable bonds is 7. The van der Waals surface area contributed by atoms with Gasteiger partial charge in [0.25, 0.3) is 11.8 Å². The molecular weight excluding hydrogens is 446 g/mol. The summed E-state index contributed by atoms with van der Waals surface area (Å²) in [5.74, 6) is 0.800. The lowest BCUT2D eigenvalue weighted by Gasteiger charge is -2.08. The third kappa shape index (κ3) is 4.79. The highest BCUT2D eigenvalue weighted by molar-refractivity contribution is 7.14. The van der Waals surface area contributed by atoms with Crippen molar-refractivity contribution in [1.29, 1.82) is 0 Å². The van der Waals surface area contributed by atoms with Crippen molar-refractivity contribution in [3.05, 3.63) is 75.8 Å². The maximum Gasteiger partial charge on any atom is 0.265 e. The number of carbonyl (C=O) groups excluding carboxylic acids is 2. The first-order valence-corrected chi connectivity index (χ1v) is 11.3. The molecule has 2 N–H and O–H groups in total. The number of carbonyl (C=O) groups is 2. The molecule has 7 nitrogen and oxygen atoms in total. The number of thiazole rings is 1. The fourth-order valence-electron chi connectivity index (χ4n) is 2.98. The predicted octanol–water partition coefficient (Wildman–Crippen LogP) is 5.39. The Morgan fingerprint density at radius 2 is 1.78 bits per heavy atom. The number of anilines is 2. The van der Waals surface area contributed by atoms with E-state index in [-0.39, 0.29) is 11.8 Å². The van der Waals surface area contributed by atoms with Gasteiger partial charge < -0.3 is 14.8 Å². The molecule has 32 heavy (non-hydrogen) atoms. The number of hydrogen-bond donors (Lipinski definition) is 2. The second kappa shape index (κ2) is 9.63. The average molecular weight is 466 g/mol. The summed E-state index contributed by atoms with van der Waals surface area (Å²) in [7, 11) is 3.18. The van der Waals surface area contributed by atoms with Crippen molar-refractivity contribution in [2.75, 3.05) is 24.9 Å². The van der Waals surface area contributed by atoms with Crippen molar-refractivity contribution in [2.45, 2.75) is 0 Å². The molecule has 162 valence electrons. The van der Waals surface area contributed by atoms with Crippen LogP contribution in [0.5, 0.6) is 11.5 Å². The van der Waals surface area contributed by atoms with Crippen LogP contribution in [0.1, 0.15) is 20.0 Å². The predicted molar refractivity (Wildman–Crippen MR) is 127 cm³/mol. The Labute approximate surface area is 192 Å². The van der Waals surface area contributed by atoms with Crippen LogP contribution in [0.25, 0.3) is 11.3 Å². The van der Waals surface area contributed by atoms with Crippen molar-refractivity contribution >= 4 is 45.3 Å². The van der Waals surface area contributed by atoms with Crippen LogP contribution < -0.4 is 20.1 Å². The third-order valence-corrected chi connectivity index (χ3v) is 6.16. The van der Waals surface area contributed by atoms with Crippen LogP contribution in [0.3, 0.4) is 0 Å². The standard InChI is InChI=1S/C23H19N3O4S2/c1-29-16-8-9-19(30-2)17(12-16)18-13-32-23(25-18)26-21(27)14-5-3-6-15(11-14)24-22(28)20-7-4-10-31-20/h3-13H,1-2H3,(H,24,28)(H,25,26,27). The topological polar surface area (TPSA) is 89.5 Å². The maximum absolute atomic E-state index is 12.8. The van der Waals surface area contributed by atoms with Gasteiger partial charge in [0.15, 0.2) is 5.13 Å². The molecule has 0 radical (unpaired) electrons. The van der Waals surface area contributed by atoms with Gasteiger partial charge in [0.05, 0.1) is 24.8 Å². The summed E-state index contributed by atoms with van der Waals surface area (Å²) in [5.41, 5.74) is 2.38. The zero-order valence-electron chi connectivity index (χ0n) is 17.2. The van der Waals surface area contributed by atoms with Gasteiger partial charge in [0.2, 0.25) is 0 Å². The molecular formula is C23H19N3O4S2. The minimum Gasteiger partial charge on any atom is -0.497 e. The largest absolute Gasteiger partial charge is 0.497 e. The Balaban J connectivity index is 1.49. The summed E-state index contributed by atoms with van der Waals surface area (Å²) in [6, 6.07) is 15.8. The van der Waals surface area contributed by atoms with Gasteiger partial charge in [-0.25, -0.2) is 4.98 Å². The van der Waals surface area contributed by atoms with Gasteiger partial charge in [-0.2, -0.15) is 0 Å². The molecule has 0 fully saturated rings. The molecule has 0 aliphatic rings. The number of hydrogen-bond acceptors (Lipinski definition) is 7. The molecule has 4 rings (SSSR count). The van der Waals surface area contributed by atoms with Crippen molar-refractivity contribution in [2.24, 2.45) is 0 Å². The van der Waals surface area contributed by atoms with Gasteiger partial charge >= 0.3 is 0 Å². The number of aromatic nitrogens is 1. The van der Waals surface area contributed by atoms with E-state index in [9.17, 15) is 9.59 Å². The SMILES string of the molecule is COc1ccc(OC)c(-c2csc(NC(=O)c3cccc(NC(=O)c4cccs4)c3)n2)c1. The van der Waals surface area contributed by atoms with Crippen molar-refractivity contribution < 1.29 is 19.1 Å². The van der Waals surface area contributed by atoms with Gasteiger partial charge in [0, 0.05) is 22.2 Å². The molecule has 2 aromatic heterocycles. The molecule has 0 unspecified atom stereocenters. The van der Waals surface area contributed by atoms with Crippen LogP contribution in [0.4, 0.5) is 10.8 Å². The molecule has 4 aromatic rings. The normalized spacial score (nSPS) is 10.4. The molecule has 9 heteroatoms. The van der Waals surface area contributed by atoms with E-state index in [1.807, 2.05) is 35.0 Å². The molecule has 0 saturated heterocycles. The highest BCUT2D eigenvalue weighted by Crippen LogP contribution is 2.35. The minimum atomic E-state index is -0.323. The van der Waals surface area contributed by atoms with Crippen LogP contribution in [-0.4, -0.2) is 31.0 Å². The van der Waals surface area contributed by atoms with Crippen LogP contribution >= 0.6 is 22.7 Å². The Morgan fingerprint density at radius 3 is 2.53 bits per heavy atom. The molecule has 0 spiro atoms. The van der Waals surface area contributed by atoms with E-state index in [0.717, 1.165) is 5.56 Å². The third-order valence-electron chi connectivity index (χ3n) is 4.53. The van der Waals surface area contributed by atoms with Gasteiger partial charge in [-0.05, 0) is 47.8 Å². The minimum absolute atomic E-state index is 0.214. The van der Waals surface area contributed by atoms with Crippen LogP contribution in [0, 0.1) is 0 Å². The molecule has 2 amide bonds. The Hall–Kier alpha value is -3.69. The quantitative estimate of drug-likeness (QED) is 0.382. The Morgan fingerprint density at radius 1 is 0.906 bits per heavy atom. The highest BCUT2D eigenvalue weighted by atomic mass is 32.1. The zero-order valence-corrected chi connectivity index (χ0v) is 18.9. The number of methoxy groups -OCH3 is 2. The van der Waals surface area contributed by atoms with Crippen LogP contribution in [0.2, 0.25) is 0 Å². The van der Waals surface area contributed by atoms with Gasteiger partial charge in [-0.1, -0.05) is 12.1 Å². The first kappa shape index (κ1) is 21.5. The molecule has 0 saturated carbocycles. The lowest BCUT2D eigenvalue weighted by atomic mass is 10.1. The summed E-state index contributed by atoms with van der Waals surface area (Å²) in [5, 5.41) is 9.73. The monoisotopic (exact) mass is 465 g/mol. The summed E-state index contributed by atoms with van der Waals surface area (Å²) in [6.45, 7) is 0. The summed E-state index contributed by atoms with van der Waals surface area (Å²) in [4.78, 5) is 30.1. The summed E-state index contributed by atoms with van der Waals surface area (Å²) in [6.07, 6.45) is 0. The second-order valence-corrected chi connectivity index (χ2v) is 8.38. The molecule has 0 aliphatic carbocycles. The number of thiophene rings is 1. The van der Waals surface area contributed by atoms with E-state index in [1.54, 1.807) is 44.6 Å². The number of nitrogens with one attached hydrogen (secondary N) is 2. The fourth-order valence-corrected chi connectivity index (χ4v) is 4.30. The average Bonchev–Trinajstić information content (AvgIpc) is 3.51. The van der Waals surface area contributed by atoms with E-state index in [2.05, 4.69) is 15.6 Å². The van der Waals surface area contributed by atoms with Gasteiger partial charge in [0.1, 0.15) is 11.5 Å². The number of amides is 2. The van der Waals surface area contributed by atoms with Gasteiger partial charge in [-0.3, -0.25) is 14.9 Å². The number of benzene rings is 2. The maximum atomic E-state index is 12.8. The molecule has 2 aromatic carbocycles. The van der Waals surface area contributed by atoms with Crippen molar-refractivity contribution in [3.63, 3.8) is 0 Å². The molecule has 0 bridgehead atoms. The van der Waals surface area contributed by atoms with Crippen molar-refractivity contribution in [3.8, 4) is 22.8 Å².